The van der Waals surface area contributed by atoms with Crippen LogP contribution in [0.2, 0.25) is 0 Å². The van der Waals surface area contributed by atoms with Gasteiger partial charge in [-0.1, -0.05) is 22.0 Å². The van der Waals surface area contributed by atoms with Crippen LogP contribution in [-0.4, -0.2) is 19.1 Å². The first-order valence-corrected chi connectivity index (χ1v) is 7.79. The topological polar surface area (TPSA) is 47.6 Å². The van der Waals surface area contributed by atoms with Gasteiger partial charge in [-0.25, -0.2) is 0 Å². The van der Waals surface area contributed by atoms with Crippen LogP contribution in [0, 0.1) is 6.92 Å². The summed E-state index contributed by atoms with van der Waals surface area (Å²) in [5.74, 6) is 1.21. The second-order valence-corrected chi connectivity index (χ2v) is 5.56. The van der Waals surface area contributed by atoms with Gasteiger partial charge in [0.15, 0.2) is 6.61 Å². The highest BCUT2D eigenvalue weighted by molar-refractivity contribution is 9.10. The van der Waals surface area contributed by atoms with Gasteiger partial charge in [-0.3, -0.25) is 4.79 Å². The van der Waals surface area contributed by atoms with Gasteiger partial charge in [-0.15, -0.1) is 0 Å². The molecular formula is C17H18BrNO3. The van der Waals surface area contributed by atoms with Crippen LogP contribution in [0.25, 0.3) is 0 Å². The van der Waals surface area contributed by atoms with Gasteiger partial charge in [0.05, 0.1) is 6.61 Å². The van der Waals surface area contributed by atoms with E-state index in [1.165, 1.54) is 0 Å². The van der Waals surface area contributed by atoms with E-state index >= 15 is 0 Å². The second-order valence-electron chi connectivity index (χ2n) is 4.71. The zero-order valence-electron chi connectivity index (χ0n) is 12.6. The molecule has 116 valence electrons. The first-order valence-electron chi connectivity index (χ1n) is 7.00. The van der Waals surface area contributed by atoms with E-state index in [2.05, 4.69) is 21.2 Å². The Labute approximate surface area is 138 Å². The van der Waals surface area contributed by atoms with Crippen molar-refractivity contribution in [3.05, 3.63) is 52.5 Å². The van der Waals surface area contributed by atoms with Crippen molar-refractivity contribution in [3.63, 3.8) is 0 Å². The third-order valence-electron chi connectivity index (χ3n) is 2.96. The number of benzene rings is 2. The summed E-state index contributed by atoms with van der Waals surface area (Å²) in [6.45, 7) is 4.50. The summed E-state index contributed by atoms with van der Waals surface area (Å²) in [6.07, 6.45) is 0. The number of rotatable bonds is 6. The van der Waals surface area contributed by atoms with Gasteiger partial charge in [0, 0.05) is 10.2 Å². The molecule has 1 amide bonds. The van der Waals surface area contributed by atoms with Gasteiger partial charge < -0.3 is 14.8 Å². The molecular weight excluding hydrogens is 346 g/mol. The number of nitrogens with one attached hydrogen (secondary N) is 1. The van der Waals surface area contributed by atoms with Crippen molar-refractivity contribution in [2.24, 2.45) is 0 Å². The van der Waals surface area contributed by atoms with E-state index in [-0.39, 0.29) is 12.5 Å². The molecule has 0 aliphatic heterocycles. The smallest absolute Gasteiger partial charge is 0.262 e. The number of aryl methyl sites for hydroxylation is 1. The molecule has 0 bridgehead atoms. The molecule has 2 rings (SSSR count). The van der Waals surface area contributed by atoms with Crippen LogP contribution in [0.3, 0.4) is 0 Å². The second kappa shape index (κ2) is 7.84. The molecule has 22 heavy (non-hydrogen) atoms. The number of anilines is 1. The maximum absolute atomic E-state index is 11.9. The van der Waals surface area contributed by atoms with E-state index in [4.69, 9.17) is 9.47 Å². The molecule has 0 spiro atoms. The van der Waals surface area contributed by atoms with Crippen LogP contribution in [0.15, 0.2) is 46.9 Å². The summed E-state index contributed by atoms with van der Waals surface area (Å²) < 4.78 is 11.8. The van der Waals surface area contributed by atoms with Crippen LogP contribution in [0.1, 0.15) is 12.5 Å². The molecule has 2 aromatic carbocycles. The lowest BCUT2D eigenvalue weighted by Gasteiger charge is -2.09. The molecule has 0 atom stereocenters. The lowest BCUT2D eigenvalue weighted by Crippen LogP contribution is -2.20. The molecule has 0 saturated heterocycles. The predicted octanol–water partition coefficient (Wildman–Crippen LogP) is 4.17. The van der Waals surface area contributed by atoms with Crippen molar-refractivity contribution in [1.82, 2.24) is 0 Å². The molecule has 0 radical (unpaired) electrons. The molecule has 0 aliphatic carbocycles. The first-order chi connectivity index (χ1) is 10.6. The minimum Gasteiger partial charge on any atom is -0.494 e. The zero-order chi connectivity index (χ0) is 15.9. The Kier molecular flexibility index (Phi) is 5.83. The van der Waals surface area contributed by atoms with E-state index in [0.717, 1.165) is 21.5 Å². The number of hydrogen-bond acceptors (Lipinski definition) is 3. The predicted molar refractivity (Wildman–Crippen MR) is 90.6 cm³/mol. The normalized spacial score (nSPS) is 10.1. The van der Waals surface area contributed by atoms with Crippen molar-refractivity contribution in [2.45, 2.75) is 13.8 Å². The Morgan fingerprint density at radius 1 is 1.09 bits per heavy atom. The quantitative estimate of drug-likeness (QED) is 0.837. The van der Waals surface area contributed by atoms with E-state index in [9.17, 15) is 4.79 Å². The third-order valence-corrected chi connectivity index (χ3v) is 3.81. The largest absolute Gasteiger partial charge is 0.494 e. The Bertz CT molecular complexity index is 641. The highest BCUT2D eigenvalue weighted by Crippen LogP contribution is 2.21. The molecule has 0 unspecified atom stereocenters. The van der Waals surface area contributed by atoms with E-state index in [1.807, 2.05) is 44.2 Å². The SMILES string of the molecule is CCOc1ccc(OCC(=O)Nc2ccc(C)c(Br)c2)cc1. The lowest BCUT2D eigenvalue weighted by atomic mass is 10.2. The van der Waals surface area contributed by atoms with Crippen molar-refractivity contribution in [3.8, 4) is 11.5 Å². The monoisotopic (exact) mass is 363 g/mol. The lowest BCUT2D eigenvalue weighted by molar-refractivity contribution is -0.118. The minimum absolute atomic E-state index is 0.0422. The van der Waals surface area contributed by atoms with E-state index in [1.54, 1.807) is 12.1 Å². The number of amides is 1. The zero-order valence-corrected chi connectivity index (χ0v) is 14.1. The van der Waals surface area contributed by atoms with Gasteiger partial charge in [-0.2, -0.15) is 0 Å². The van der Waals surface area contributed by atoms with Gasteiger partial charge in [0.1, 0.15) is 11.5 Å². The Morgan fingerprint density at radius 3 is 2.32 bits per heavy atom. The molecule has 0 heterocycles. The van der Waals surface area contributed by atoms with Crippen LogP contribution >= 0.6 is 15.9 Å². The summed E-state index contributed by atoms with van der Waals surface area (Å²) in [5.41, 5.74) is 1.85. The van der Waals surface area contributed by atoms with Crippen LogP contribution in [0.5, 0.6) is 11.5 Å². The van der Waals surface area contributed by atoms with Gasteiger partial charge >= 0.3 is 0 Å². The fourth-order valence-corrected chi connectivity index (χ4v) is 2.19. The van der Waals surface area contributed by atoms with Gasteiger partial charge in [0.2, 0.25) is 0 Å². The summed E-state index contributed by atoms with van der Waals surface area (Å²) in [7, 11) is 0. The molecule has 0 aromatic heterocycles. The molecule has 5 heteroatoms. The maximum Gasteiger partial charge on any atom is 0.262 e. The number of halogens is 1. The average molecular weight is 364 g/mol. The van der Waals surface area contributed by atoms with Crippen molar-refractivity contribution in [2.75, 3.05) is 18.5 Å². The summed E-state index contributed by atoms with van der Waals surface area (Å²) >= 11 is 3.44. The number of carbonyl (C=O) groups is 1. The van der Waals surface area contributed by atoms with Crippen LogP contribution < -0.4 is 14.8 Å². The fraction of sp³-hybridized carbons (Fsp3) is 0.235. The molecule has 4 nitrogen and oxygen atoms in total. The molecule has 0 saturated carbocycles. The standard InChI is InChI=1S/C17H18BrNO3/c1-3-21-14-6-8-15(9-7-14)22-11-17(20)19-13-5-4-12(2)16(18)10-13/h4-10H,3,11H2,1-2H3,(H,19,20). The molecule has 2 aromatic rings. The summed E-state index contributed by atoms with van der Waals surface area (Å²) in [6, 6.07) is 12.8. The first kappa shape index (κ1) is 16.4. The number of hydrogen-bond donors (Lipinski definition) is 1. The van der Waals surface area contributed by atoms with Crippen LogP contribution in [-0.2, 0) is 4.79 Å². The van der Waals surface area contributed by atoms with Gasteiger partial charge in [0.25, 0.3) is 5.91 Å². The van der Waals surface area contributed by atoms with Crippen molar-refractivity contribution < 1.29 is 14.3 Å². The molecule has 1 N–H and O–H groups in total. The Hall–Kier alpha value is -2.01. The molecule has 0 fully saturated rings. The highest BCUT2D eigenvalue weighted by atomic mass is 79.9. The van der Waals surface area contributed by atoms with E-state index in [0.29, 0.717) is 12.4 Å². The summed E-state index contributed by atoms with van der Waals surface area (Å²) in [5, 5.41) is 2.79. The fourth-order valence-electron chi connectivity index (χ4n) is 1.82. The average Bonchev–Trinajstić information content (AvgIpc) is 2.51. The minimum atomic E-state index is -0.204. The van der Waals surface area contributed by atoms with Gasteiger partial charge in [-0.05, 0) is 55.8 Å². The number of ether oxygens (including phenoxy) is 2. The van der Waals surface area contributed by atoms with Crippen molar-refractivity contribution >= 4 is 27.5 Å². The maximum atomic E-state index is 11.9. The Morgan fingerprint density at radius 2 is 1.73 bits per heavy atom. The number of carbonyl (C=O) groups excluding carboxylic acids is 1. The van der Waals surface area contributed by atoms with Crippen LogP contribution in [0.4, 0.5) is 5.69 Å². The Balaban J connectivity index is 1.85. The van der Waals surface area contributed by atoms with Crippen molar-refractivity contribution in [1.29, 1.82) is 0 Å². The molecule has 0 aliphatic rings. The van der Waals surface area contributed by atoms with E-state index < -0.39 is 0 Å². The highest BCUT2D eigenvalue weighted by Gasteiger charge is 2.05. The summed E-state index contributed by atoms with van der Waals surface area (Å²) in [4.78, 5) is 11.9. The third kappa shape index (κ3) is 4.77.